The minimum absolute atomic E-state index is 0.262. The van der Waals surface area contributed by atoms with Gasteiger partial charge in [0, 0.05) is 8.95 Å². The molecule has 0 saturated heterocycles. The van der Waals surface area contributed by atoms with Gasteiger partial charge in [-0.25, -0.2) is 0 Å². The number of nitrogens with two attached hydrogens (primary N) is 1. The van der Waals surface area contributed by atoms with Crippen LogP contribution in [0.25, 0.3) is 0 Å². The van der Waals surface area contributed by atoms with E-state index in [4.69, 9.17) is 10.2 Å². The Morgan fingerprint density at radius 3 is 2.61 bits per heavy atom. The zero-order valence-corrected chi connectivity index (χ0v) is 12.6. The summed E-state index contributed by atoms with van der Waals surface area (Å²) in [4.78, 5) is 12.0. The number of carbonyl (C=O) groups is 1. The zero-order valence-electron chi connectivity index (χ0n) is 9.46. The molecule has 0 spiro atoms. The predicted octanol–water partition coefficient (Wildman–Crippen LogP) is 3.95. The van der Waals surface area contributed by atoms with Gasteiger partial charge in [-0.2, -0.15) is 0 Å². The maximum Gasteiger partial charge on any atom is 0.259 e. The molecule has 18 heavy (non-hydrogen) atoms. The molecule has 0 aliphatic heterocycles. The maximum absolute atomic E-state index is 12.0. The first-order chi connectivity index (χ1) is 8.47. The van der Waals surface area contributed by atoms with Gasteiger partial charge < -0.3 is 15.5 Å². The van der Waals surface area contributed by atoms with Crippen molar-refractivity contribution < 1.29 is 9.21 Å². The predicted molar refractivity (Wildman–Crippen MR) is 77.7 cm³/mol. The number of carbonyl (C=O) groups excluding carboxylic acids is 1. The molecule has 0 radical (unpaired) electrons. The van der Waals surface area contributed by atoms with Gasteiger partial charge in [0.25, 0.3) is 5.91 Å². The van der Waals surface area contributed by atoms with E-state index in [1.165, 1.54) is 6.26 Å². The number of nitrogen functional groups attached to an aromatic ring is 1. The Bertz CT molecular complexity index is 585. The van der Waals surface area contributed by atoms with Crippen LogP contribution in [-0.4, -0.2) is 5.91 Å². The lowest BCUT2D eigenvalue weighted by Gasteiger charge is -2.10. The SMILES string of the molecule is Cc1cc(C(=O)Nc2c(N)cc(Br)cc2Br)co1. The molecule has 3 N–H and O–H groups in total. The molecule has 0 atom stereocenters. The Morgan fingerprint density at radius 1 is 1.33 bits per heavy atom. The van der Waals surface area contributed by atoms with E-state index in [0.717, 1.165) is 4.47 Å². The average molecular weight is 374 g/mol. The second-order valence-electron chi connectivity index (χ2n) is 3.75. The molecule has 0 fully saturated rings. The summed E-state index contributed by atoms with van der Waals surface area (Å²) in [6.45, 7) is 1.78. The minimum Gasteiger partial charge on any atom is -0.469 e. The Morgan fingerprint density at radius 2 is 2.06 bits per heavy atom. The van der Waals surface area contributed by atoms with Crippen molar-refractivity contribution in [2.24, 2.45) is 0 Å². The Kier molecular flexibility index (Phi) is 3.77. The van der Waals surface area contributed by atoms with E-state index in [1.807, 2.05) is 6.07 Å². The number of nitrogens with one attached hydrogen (secondary N) is 1. The number of rotatable bonds is 2. The van der Waals surface area contributed by atoms with E-state index in [9.17, 15) is 4.79 Å². The second-order valence-corrected chi connectivity index (χ2v) is 5.52. The van der Waals surface area contributed by atoms with Crippen LogP contribution in [0.2, 0.25) is 0 Å². The van der Waals surface area contributed by atoms with Gasteiger partial charge in [-0.05, 0) is 41.1 Å². The monoisotopic (exact) mass is 372 g/mol. The summed E-state index contributed by atoms with van der Waals surface area (Å²) in [7, 11) is 0. The van der Waals surface area contributed by atoms with E-state index in [0.29, 0.717) is 27.2 Å². The van der Waals surface area contributed by atoms with Crippen molar-refractivity contribution in [3.8, 4) is 0 Å². The van der Waals surface area contributed by atoms with Gasteiger partial charge in [-0.3, -0.25) is 4.79 Å². The summed E-state index contributed by atoms with van der Waals surface area (Å²) in [6, 6.07) is 5.20. The van der Waals surface area contributed by atoms with E-state index in [1.54, 1.807) is 19.1 Å². The molecule has 2 aromatic rings. The fourth-order valence-corrected chi connectivity index (χ4v) is 2.83. The van der Waals surface area contributed by atoms with Gasteiger partial charge in [-0.1, -0.05) is 15.9 Å². The maximum atomic E-state index is 12.0. The highest BCUT2D eigenvalue weighted by Gasteiger charge is 2.13. The first kappa shape index (κ1) is 13.2. The highest BCUT2D eigenvalue weighted by Crippen LogP contribution is 2.32. The zero-order chi connectivity index (χ0) is 13.3. The Balaban J connectivity index is 2.27. The van der Waals surface area contributed by atoms with E-state index in [-0.39, 0.29) is 5.91 Å². The summed E-state index contributed by atoms with van der Waals surface area (Å²) < 4.78 is 6.64. The lowest BCUT2D eigenvalue weighted by atomic mass is 10.2. The van der Waals surface area contributed by atoms with E-state index < -0.39 is 0 Å². The molecule has 1 amide bonds. The van der Waals surface area contributed by atoms with Crippen LogP contribution in [0.3, 0.4) is 0 Å². The van der Waals surface area contributed by atoms with Gasteiger partial charge in [-0.15, -0.1) is 0 Å². The first-order valence-electron chi connectivity index (χ1n) is 5.08. The molecule has 0 unspecified atom stereocenters. The third-order valence-corrected chi connectivity index (χ3v) is 3.40. The van der Waals surface area contributed by atoms with Crippen molar-refractivity contribution in [2.75, 3.05) is 11.1 Å². The Hall–Kier alpha value is -1.27. The van der Waals surface area contributed by atoms with Crippen LogP contribution in [0.15, 0.2) is 37.8 Å². The number of hydrogen-bond acceptors (Lipinski definition) is 3. The smallest absolute Gasteiger partial charge is 0.259 e. The van der Waals surface area contributed by atoms with Gasteiger partial charge in [0.2, 0.25) is 0 Å². The fraction of sp³-hybridized carbons (Fsp3) is 0.0833. The highest BCUT2D eigenvalue weighted by molar-refractivity contribution is 9.11. The molecule has 1 aromatic heterocycles. The molecule has 6 heteroatoms. The molecule has 4 nitrogen and oxygen atoms in total. The summed E-state index contributed by atoms with van der Waals surface area (Å²) in [5, 5.41) is 2.74. The van der Waals surface area contributed by atoms with Crippen molar-refractivity contribution in [3.63, 3.8) is 0 Å². The molecule has 1 aromatic carbocycles. The van der Waals surface area contributed by atoms with Crippen LogP contribution >= 0.6 is 31.9 Å². The lowest BCUT2D eigenvalue weighted by molar-refractivity contribution is 0.102. The third-order valence-electron chi connectivity index (χ3n) is 2.32. The third kappa shape index (κ3) is 2.76. The Labute approximate surface area is 121 Å². The average Bonchev–Trinajstić information content (AvgIpc) is 2.70. The van der Waals surface area contributed by atoms with Gasteiger partial charge >= 0.3 is 0 Å². The summed E-state index contributed by atoms with van der Waals surface area (Å²) >= 11 is 6.68. The summed E-state index contributed by atoms with van der Waals surface area (Å²) in [5.74, 6) is 0.421. The molecular formula is C12H10Br2N2O2. The van der Waals surface area contributed by atoms with Crippen LogP contribution in [0.4, 0.5) is 11.4 Å². The molecule has 0 saturated carbocycles. The number of hydrogen-bond donors (Lipinski definition) is 2. The van der Waals surface area contributed by atoms with Gasteiger partial charge in [0.1, 0.15) is 12.0 Å². The van der Waals surface area contributed by atoms with Crippen molar-refractivity contribution in [1.82, 2.24) is 0 Å². The summed E-state index contributed by atoms with van der Waals surface area (Å²) in [5.41, 5.74) is 7.34. The number of aryl methyl sites for hydroxylation is 1. The standard InChI is InChI=1S/C12H10Br2N2O2/c1-6-2-7(5-18-6)12(17)16-11-9(14)3-8(13)4-10(11)15/h2-5H,15H2,1H3,(H,16,17). The number of furan rings is 1. The van der Waals surface area contributed by atoms with Crippen LogP contribution in [-0.2, 0) is 0 Å². The fourth-order valence-electron chi connectivity index (χ4n) is 1.47. The van der Waals surface area contributed by atoms with Crippen molar-refractivity contribution in [1.29, 1.82) is 0 Å². The quantitative estimate of drug-likeness (QED) is 0.783. The van der Waals surface area contributed by atoms with Crippen LogP contribution in [0.5, 0.6) is 0 Å². The first-order valence-corrected chi connectivity index (χ1v) is 6.67. The summed E-state index contributed by atoms with van der Waals surface area (Å²) in [6.07, 6.45) is 1.41. The molecule has 94 valence electrons. The van der Waals surface area contributed by atoms with Gasteiger partial charge in [0.15, 0.2) is 0 Å². The molecule has 0 bridgehead atoms. The van der Waals surface area contributed by atoms with E-state index >= 15 is 0 Å². The molecule has 0 aliphatic rings. The lowest BCUT2D eigenvalue weighted by Crippen LogP contribution is -2.12. The molecule has 0 aliphatic carbocycles. The van der Waals surface area contributed by atoms with Crippen molar-refractivity contribution in [3.05, 3.63) is 44.7 Å². The van der Waals surface area contributed by atoms with Crippen molar-refractivity contribution >= 4 is 49.1 Å². The normalized spacial score (nSPS) is 10.4. The van der Waals surface area contributed by atoms with Crippen LogP contribution < -0.4 is 11.1 Å². The number of amides is 1. The van der Waals surface area contributed by atoms with Crippen LogP contribution in [0, 0.1) is 6.92 Å². The van der Waals surface area contributed by atoms with Crippen molar-refractivity contribution in [2.45, 2.75) is 6.92 Å². The van der Waals surface area contributed by atoms with Gasteiger partial charge in [0.05, 0.1) is 16.9 Å². The second kappa shape index (κ2) is 5.16. The molecule has 1 heterocycles. The van der Waals surface area contributed by atoms with Crippen LogP contribution in [0.1, 0.15) is 16.1 Å². The topological polar surface area (TPSA) is 68.3 Å². The largest absolute Gasteiger partial charge is 0.469 e. The number of halogens is 2. The highest BCUT2D eigenvalue weighted by atomic mass is 79.9. The minimum atomic E-state index is -0.262. The number of anilines is 2. The number of benzene rings is 1. The van der Waals surface area contributed by atoms with E-state index in [2.05, 4.69) is 37.2 Å². The molecule has 2 rings (SSSR count). The molecular weight excluding hydrogens is 364 g/mol.